The summed E-state index contributed by atoms with van der Waals surface area (Å²) in [6, 6.07) is 13.3. The minimum Gasteiger partial charge on any atom is -0.506 e. The summed E-state index contributed by atoms with van der Waals surface area (Å²) < 4.78 is 23.4. The molecule has 0 aliphatic rings. The van der Waals surface area contributed by atoms with Crippen LogP contribution in [0.5, 0.6) is 17.2 Å². The predicted octanol–water partition coefficient (Wildman–Crippen LogP) is 3.36. The largest absolute Gasteiger partial charge is 0.506 e. The molecule has 2 aromatic carbocycles. The number of nitrogens with zero attached hydrogens (tertiary/aromatic N) is 2. The van der Waals surface area contributed by atoms with Gasteiger partial charge in [-0.15, -0.1) is 0 Å². The van der Waals surface area contributed by atoms with Gasteiger partial charge in [0.05, 0.1) is 32.2 Å². The van der Waals surface area contributed by atoms with Crippen LogP contribution >= 0.6 is 12.2 Å². The number of rotatable bonds is 6. The number of carbonyl (C=O) groups excluding carboxylic acids is 1. The Labute approximate surface area is 203 Å². The molecule has 11 heteroatoms. The second-order valence-electron chi connectivity index (χ2n) is 7.12. The van der Waals surface area contributed by atoms with Gasteiger partial charge in [0.2, 0.25) is 5.71 Å². The molecular formula is C24H20N2O8S. The Balaban J connectivity index is 2.28. The van der Waals surface area contributed by atoms with E-state index in [-0.39, 0.29) is 22.8 Å². The molecule has 10 nitrogen and oxygen atoms in total. The highest BCUT2D eigenvalue weighted by molar-refractivity contribution is 7.71. The molecule has 35 heavy (non-hydrogen) atoms. The van der Waals surface area contributed by atoms with Gasteiger partial charge in [-0.3, -0.25) is 9.36 Å². The van der Waals surface area contributed by atoms with Crippen LogP contribution in [0, 0.1) is 4.77 Å². The first-order valence-electron chi connectivity index (χ1n) is 10.4. The number of carbonyl (C=O) groups is 1. The Bertz CT molecular complexity index is 1630. The fourth-order valence-electron chi connectivity index (χ4n) is 3.69. The third-order valence-corrected chi connectivity index (χ3v) is 5.58. The molecular weight excluding hydrogens is 476 g/mol. The van der Waals surface area contributed by atoms with E-state index in [1.165, 1.54) is 25.7 Å². The van der Waals surface area contributed by atoms with Crippen molar-refractivity contribution in [2.24, 2.45) is 0 Å². The van der Waals surface area contributed by atoms with E-state index in [9.17, 15) is 19.5 Å². The van der Waals surface area contributed by atoms with Crippen LogP contribution in [0.15, 0.2) is 62.5 Å². The summed E-state index contributed by atoms with van der Waals surface area (Å²) in [5, 5.41) is 10.6. The monoisotopic (exact) mass is 496 g/mol. The lowest BCUT2D eigenvalue weighted by molar-refractivity contribution is 0.0518. The minimum atomic E-state index is -1.19. The first-order valence-corrected chi connectivity index (χ1v) is 10.8. The predicted molar refractivity (Wildman–Crippen MR) is 129 cm³/mol. The lowest BCUT2D eigenvalue weighted by atomic mass is 10.2. The molecule has 1 N–H and O–H groups in total. The number of ether oxygens (including phenoxy) is 3. The van der Waals surface area contributed by atoms with Gasteiger partial charge in [0.1, 0.15) is 16.9 Å². The van der Waals surface area contributed by atoms with Crippen LogP contribution in [0.1, 0.15) is 17.3 Å². The fourth-order valence-corrected chi connectivity index (χ4v) is 4.05. The number of benzene rings is 2. The number of para-hydroxylation sites is 4. The van der Waals surface area contributed by atoms with E-state index in [4.69, 9.17) is 30.8 Å². The summed E-state index contributed by atoms with van der Waals surface area (Å²) in [6.07, 6.45) is 0. The van der Waals surface area contributed by atoms with Crippen molar-refractivity contribution in [1.82, 2.24) is 9.13 Å². The maximum Gasteiger partial charge on any atom is 0.356 e. The average Bonchev–Trinajstić information content (AvgIpc) is 2.84. The Morgan fingerprint density at radius 1 is 0.971 bits per heavy atom. The van der Waals surface area contributed by atoms with Gasteiger partial charge in [0.15, 0.2) is 16.1 Å². The van der Waals surface area contributed by atoms with Gasteiger partial charge in [-0.2, -0.15) is 0 Å². The highest BCUT2D eigenvalue weighted by Crippen LogP contribution is 2.31. The lowest BCUT2D eigenvalue weighted by Gasteiger charge is -2.18. The topological polar surface area (TPSA) is 122 Å². The van der Waals surface area contributed by atoms with Crippen molar-refractivity contribution < 1.29 is 28.5 Å². The average molecular weight is 496 g/mol. The van der Waals surface area contributed by atoms with Crippen LogP contribution in [-0.4, -0.2) is 41.0 Å². The van der Waals surface area contributed by atoms with Gasteiger partial charge >= 0.3 is 11.6 Å². The summed E-state index contributed by atoms with van der Waals surface area (Å²) in [5.41, 5.74) is -2.62. The summed E-state index contributed by atoms with van der Waals surface area (Å²) in [6.45, 7) is 1.47. The third kappa shape index (κ3) is 3.85. The van der Waals surface area contributed by atoms with E-state index in [1.54, 1.807) is 48.5 Å². The smallest absolute Gasteiger partial charge is 0.356 e. The maximum atomic E-state index is 13.7. The van der Waals surface area contributed by atoms with Gasteiger partial charge < -0.3 is 23.7 Å². The van der Waals surface area contributed by atoms with Crippen LogP contribution in [0.25, 0.3) is 22.5 Å². The van der Waals surface area contributed by atoms with Gasteiger partial charge in [-0.05, 0) is 43.4 Å². The van der Waals surface area contributed by atoms with Gasteiger partial charge in [-0.25, -0.2) is 14.2 Å². The molecule has 2 heterocycles. The number of aromatic nitrogens is 2. The molecule has 0 saturated carbocycles. The molecule has 0 aliphatic heterocycles. The van der Waals surface area contributed by atoms with E-state index in [0.29, 0.717) is 17.2 Å². The summed E-state index contributed by atoms with van der Waals surface area (Å²) in [5.74, 6) is -1.36. The molecule has 4 rings (SSSR count). The van der Waals surface area contributed by atoms with Crippen LogP contribution in [0.4, 0.5) is 0 Å². The van der Waals surface area contributed by atoms with Crippen molar-refractivity contribution in [2.75, 3.05) is 20.8 Å². The lowest BCUT2D eigenvalue weighted by Crippen LogP contribution is -2.27. The number of fused-ring (bicyclic) bond motifs is 1. The van der Waals surface area contributed by atoms with Crippen LogP contribution < -0.4 is 20.7 Å². The van der Waals surface area contributed by atoms with E-state index in [1.807, 2.05) is 0 Å². The zero-order valence-corrected chi connectivity index (χ0v) is 19.8. The van der Waals surface area contributed by atoms with Gasteiger partial charge in [-0.1, -0.05) is 24.3 Å². The quantitative estimate of drug-likeness (QED) is 0.316. The molecule has 0 amide bonds. The molecule has 0 aliphatic carbocycles. The fraction of sp³-hybridized carbons (Fsp3) is 0.167. The zero-order valence-electron chi connectivity index (χ0n) is 18.9. The highest BCUT2D eigenvalue weighted by atomic mass is 32.1. The van der Waals surface area contributed by atoms with Crippen molar-refractivity contribution in [3.8, 4) is 28.6 Å². The molecule has 0 saturated heterocycles. The van der Waals surface area contributed by atoms with Crippen LogP contribution in [0.3, 0.4) is 0 Å². The first-order chi connectivity index (χ1) is 16.8. The van der Waals surface area contributed by atoms with Crippen molar-refractivity contribution in [3.05, 3.63) is 79.6 Å². The Hall–Kier alpha value is -4.38. The summed E-state index contributed by atoms with van der Waals surface area (Å²) in [4.78, 5) is 38.9. The Kier molecular flexibility index (Phi) is 6.43. The van der Waals surface area contributed by atoms with Crippen molar-refractivity contribution in [1.29, 1.82) is 0 Å². The molecule has 2 aromatic heterocycles. The Morgan fingerprint density at radius 2 is 1.51 bits per heavy atom. The van der Waals surface area contributed by atoms with Crippen LogP contribution in [0.2, 0.25) is 0 Å². The molecule has 0 unspecified atom stereocenters. The number of hydrogen-bond donors (Lipinski definition) is 1. The number of hydrogen-bond acceptors (Lipinski definition) is 9. The highest BCUT2D eigenvalue weighted by Gasteiger charge is 2.28. The van der Waals surface area contributed by atoms with E-state index in [2.05, 4.69) is 0 Å². The minimum absolute atomic E-state index is 0.0620. The second-order valence-corrected chi connectivity index (χ2v) is 7.48. The molecule has 4 aromatic rings. The van der Waals surface area contributed by atoms with E-state index >= 15 is 0 Å². The van der Waals surface area contributed by atoms with E-state index < -0.39 is 33.9 Å². The number of methoxy groups -OCH3 is 2. The second kappa shape index (κ2) is 9.47. The van der Waals surface area contributed by atoms with Crippen molar-refractivity contribution >= 4 is 29.3 Å². The molecule has 180 valence electrons. The third-order valence-electron chi connectivity index (χ3n) is 5.22. The number of aromatic hydroxyl groups is 1. The standard InChI is InChI=1S/C24H20N2O8S/c1-4-33-22(29)18-19(27)17-20(28)25(13-9-5-7-11-15(13)31-2)24(35)26(21(17)34-23(18)30)14-10-6-8-12-16(14)32-3/h5-12,27H,4H2,1-3H3. The molecule has 0 atom stereocenters. The summed E-state index contributed by atoms with van der Waals surface area (Å²) >= 11 is 5.68. The molecule has 0 fully saturated rings. The van der Waals surface area contributed by atoms with Gasteiger partial charge in [0, 0.05) is 0 Å². The molecule has 0 radical (unpaired) electrons. The SMILES string of the molecule is CCOC(=O)c1c(O)c2c(=O)n(-c3ccccc3OC)c(=S)n(-c3ccccc3OC)c2oc1=O. The molecule has 0 bridgehead atoms. The zero-order chi connectivity index (χ0) is 25.3. The van der Waals surface area contributed by atoms with Gasteiger partial charge in [0.25, 0.3) is 5.56 Å². The normalized spacial score (nSPS) is 10.8. The first kappa shape index (κ1) is 23.8. The summed E-state index contributed by atoms with van der Waals surface area (Å²) in [7, 11) is 2.87. The molecule has 0 spiro atoms. The van der Waals surface area contributed by atoms with Crippen LogP contribution in [-0.2, 0) is 4.74 Å². The van der Waals surface area contributed by atoms with Crippen molar-refractivity contribution in [2.45, 2.75) is 6.92 Å². The Morgan fingerprint density at radius 3 is 2.06 bits per heavy atom. The van der Waals surface area contributed by atoms with Crippen molar-refractivity contribution in [3.63, 3.8) is 0 Å². The maximum absolute atomic E-state index is 13.7. The van der Waals surface area contributed by atoms with E-state index in [0.717, 1.165) is 4.57 Å². The number of esters is 1.